The Kier molecular flexibility index (Phi) is 2.67. The summed E-state index contributed by atoms with van der Waals surface area (Å²) in [5.74, 6) is 0. The number of benzene rings is 1. The summed E-state index contributed by atoms with van der Waals surface area (Å²) in [5.41, 5.74) is 1.34. The van der Waals surface area contributed by atoms with E-state index in [9.17, 15) is 0 Å². The summed E-state index contributed by atoms with van der Waals surface area (Å²) in [5, 5.41) is 3.52. The monoisotopic (exact) mass is 272 g/mol. The van der Waals surface area contributed by atoms with E-state index in [0.717, 1.165) is 0 Å². The predicted octanol–water partition coefficient (Wildman–Crippen LogP) is 4.69. The SMILES string of the molecule is CSc1cc(C)cc2scc(Br)c12. The van der Waals surface area contributed by atoms with Gasteiger partial charge in [-0.2, -0.15) is 0 Å². The van der Waals surface area contributed by atoms with Crippen molar-refractivity contribution in [1.82, 2.24) is 0 Å². The van der Waals surface area contributed by atoms with Gasteiger partial charge in [0.05, 0.1) is 0 Å². The first-order valence-electron chi connectivity index (χ1n) is 3.93. The van der Waals surface area contributed by atoms with Gasteiger partial charge in [-0.05, 0) is 46.8 Å². The fourth-order valence-corrected chi connectivity index (χ4v) is 4.09. The number of fused-ring (bicyclic) bond motifs is 1. The average Bonchev–Trinajstić information content (AvgIpc) is 2.46. The van der Waals surface area contributed by atoms with Gasteiger partial charge < -0.3 is 0 Å². The Labute approximate surface area is 94.5 Å². The van der Waals surface area contributed by atoms with E-state index in [1.165, 1.54) is 25.0 Å². The Morgan fingerprint density at radius 3 is 2.85 bits per heavy atom. The van der Waals surface area contributed by atoms with Crippen molar-refractivity contribution < 1.29 is 0 Å². The largest absolute Gasteiger partial charge is 0.143 e. The minimum absolute atomic E-state index is 1.22. The van der Waals surface area contributed by atoms with Crippen molar-refractivity contribution in [2.24, 2.45) is 0 Å². The van der Waals surface area contributed by atoms with Crippen molar-refractivity contribution in [2.75, 3.05) is 6.26 Å². The van der Waals surface area contributed by atoms with Crippen LogP contribution >= 0.6 is 39.0 Å². The molecule has 1 aromatic heterocycles. The van der Waals surface area contributed by atoms with Crippen LogP contribution in [0.5, 0.6) is 0 Å². The van der Waals surface area contributed by atoms with Crippen molar-refractivity contribution in [2.45, 2.75) is 11.8 Å². The molecule has 1 aromatic carbocycles. The molecule has 0 saturated heterocycles. The minimum Gasteiger partial charge on any atom is -0.143 e. The number of thioether (sulfide) groups is 1. The number of halogens is 1. The van der Waals surface area contributed by atoms with E-state index in [-0.39, 0.29) is 0 Å². The Morgan fingerprint density at radius 2 is 2.15 bits per heavy atom. The first-order valence-corrected chi connectivity index (χ1v) is 6.83. The van der Waals surface area contributed by atoms with E-state index in [4.69, 9.17) is 0 Å². The molecule has 0 aliphatic heterocycles. The third kappa shape index (κ3) is 1.65. The highest BCUT2D eigenvalue weighted by Crippen LogP contribution is 2.37. The molecular weight excluding hydrogens is 264 g/mol. The van der Waals surface area contributed by atoms with Gasteiger partial charge in [0, 0.05) is 24.8 Å². The third-order valence-electron chi connectivity index (χ3n) is 1.96. The van der Waals surface area contributed by atoms with Crippen LogP contribution in [0.3, 0.4) is 0 Å². The molecule has 0 radical (unpaired) electrons. The number of thiophene rings is 1. The molecular formula is C10H9BrS2. The smallest absolute Gasteiger partial charge is 0.0372 e. The first-order chi connectivity index (χ1) is 6.22. The van der Waals surface area contributed by atoms with Gasteiger partial charge in [0.25, 0.3) is 0 Å². The second-order valence-electron chi connectivity index (χ2n) is 2.92. The molecule has 0 aliphatic rings. The van der Waals surface area contributed by atoms with Gasteiger partial charge in [0.2, 0.25) is 0 Å². The Hall–Kier alpha value is 0.01000. The van der Waals surface area contributed by atoms with Gasteiger partial charge in [-0.25, -0.2) is 0 Å². The molecule has 1 heterocycles. The summed E-state index contributed by atoms with van der Waals surface area (Å²) in [6, 6.07) is 4.48. The van der Waals surface area contributed by atoms with Crippen molar-refractivity contribution in [3.63, 3.8) is 0 Å². The normalized spacial score (nSPS) is 11.0. The van der Waals surface area contributed by atoms with Gasteiger partial charge in [-0.3, -0.25) is 0 Å². The molecule has 0 spiro atoms. The quantitative estimate of drug-likeness (QED) is 0.679. The maximum Gasteiger partial charge on any atom is 0.0372 e. The molecule has 0 nitrogen and oxygen atoms in total. The molecule has 0 saturated carbocycles. The van der Waals surface area contributed by atoms with Crippen LogP contribution in [0, 0.1) is 6.92 Å². The summed E-state index contributed by atoms with van der Waals surface area (Å²) in [6.07, 6.45) is 2.12. The number of hydrogen-bond acceptors (Lipinski definition) is 2. The molecule has 0 fully saturated rings. The van der Waals surface area contributed by atoms with Crippen LogP contribution in [0.2, 0.25) is 0 Å². The van der Waals surface area contributed by atoms with E-state index in [1.54, 1.807) is 11.3 Å². The highest BCUT2D eigenvalue weighted by molar-refractivity contribution is 9.10. The van der Waals surface area contributed by atoms with E-state index in [0.29, 0.717) is 0 Å². The highest BCUT2D eigenvalue weighted by atomic mass is 79.9. The zero-order chi connectivity index (χ0) is 9.42. The lowest BCUT2D eigenvalue weighted by Crippen LogP contribution is -1.76. The standard InChI is InChI=1S/C10H9BrS2/c1-6-3-8(12-2)10-7(11)5-13-9(10)4-6/h3-5H,1-2H3. The lowest BCUT2D eigenvalue weighted by atomic mass is 10.2. The Balaban J connectivity index is 2.85. The zero-order valence-electron chi connectivity index (χ0n) is 7.43. The van der Waals surface area contributed by atoms with Gasteiger partial charge in [-0.15, -0.1) is 23.1 Å². The summed E-state index contributed by atoms with van der Waals surface area (Å²) in [7, 11) is 0. The van der Waals surface area contributed by atoms with Crippen LogP contribution in [-0.2, 0) is 0 Å². The first kappa shape index (κ1) is 9.56. The van der Waals surface area contributed by atoms with Crippen LogP contribution in [0.1, 0.15) is 5.56 Å². The minimum atomic E-state index is 1.22. The van der Waals surface area contributed by atoms with E-state index < -0.39 is 0 Å². The Morgan fingerprint density at radius 1 is 1.38 bits per heavy atom. The highest BCUT2D eigenvalue weighted by Gasteiger charge is 2.06. The van der Waals surface area contributed by atoms with Crippen LogP contribution in [0.4, 0.5) is 0 Å². The second kappa shape index (κ2) is 3.64. The van der Waals surface area contributed by atoms with Gasteiger partial charge in [0.15, 0.2) is 0 Å². The molecule has 0 bridgehead atoms. The maximum absolute atomic E-state index is 3.58. The fourth-order valence-electron chi connectivity index (χ4n) is 1.38. The van der Waals surface area contributed by atoms with Crippen LogP contribution < -0.4 is 0 Å². The van der Waals surface area contributed by atoms with Gasteiger partial charge >= 0.3 is 0 Å². The zero-order valence-corrected chi connectivity index (χ0v) is 10.6. The molecule has 3 heteroatoms. The van der Waals surface area contributed by atoms with Crippen LogP contribution in [0.15, 0.2) is 26.9 Å². The van der Waals surface area contributed by atoms with Crippen molar-refractivity contribution in [3.05, 3.63) is 27.5 Å². The lowest BCUT2D eigenvalue weighted by molar-refractivity contribution is 1.43. The predicted molar refractivity (Wildman–Crippen MR) is 66.0 cm³/mol. The Bertz CT molecular complexity index is 445. The summed E-state index contributed by atoms with van der Waals surface area (Å²) in [4.78, 5) is 1.36. The van der Waals surface area contributed by atoms with Crippen molar-refractivity contribution in [1.29, 1.82) is 0 Å². The van der Waals surface area contributed by atoms with Crippen LogP contribution in [-0.4, -0.2) is 6.26 Å². The number of hydrogen-bond donors (Lipinski definition) is 0. The average molecular weight is 273 g/mol. The molecule has 0 atom stereocenters. The molecule has 68 valence electrons. The molecule has 2 rings (SSSR count). The van der Waals surface area contributed by atoms with E-state index in [2.05, 4.69) is 46.6 Å². The maximum atomic E-state index is 3.58. The fraction of sp³-hybridized carbons (Fsp3) is 0.200. The molecule has 0 unspecified atom stereocenters. The van der Waals surface area contributed by atoms with E-state index >= 15 is 0 Å². The number of aryl methyl sites for hydroxylation is 1. The third-order valence-corrected chi connectivity index (χ3v) is 4.58. The second-order valence-corrected chi connectivity index (χ2v) is 5.54. The molecule has 0 amide bonds. The van der Waals surface area contributed by atoms with Crippen LogP contribution in [0.25, 0.3) is 10.1 Å². The van der Waals surface area contributed by atoms with Crippen molar-refractivity contribution in [3.8, 4) is 0 Å². The van der Waals surface area contributed by atoms with Crippen molar-refractivity contribution >= 4 is 49.1 Å². The topological polar surface area (TPSA) is 0 Å². The molecule has 0 N–H and O–H groups in total. The number of rotatable bonds is 1. The van der Waals surface area contributed by atoms with Gasteiger partial charge in [0.1, 0.15) is 0 Å². The lowest BCUT2D eigenvalue weighted by Gasteiger charge is -2.01. The molecule has 0 aliphatic carbocycles. The molecule has 2 aromatic rings. The summed E-state index contributed by atoms with van der Waals surface area (Å²) >= 11 is 7.19. The van der Waals surface area contributed by atoms with E-state index in [1.807, 2.05) is 11.8 Å². The van der Waals surface area contributed by atoms with Gasteiger partial charge in [-0.1, -0.05) is 0 Å². The summed E-state index contributed by atoms with van der Waals surface area (Å²) < 4.78 is 2.59. The molecule has 13 heavy (non-hydrogen) atoms. The summed E-state index contributed by atoms with van der Waals surface area (Å²) in [6.45, 7) is 2.15.